The number of aromatic nitrogens is 1. The number of nitriles is 1. The van der Waals surface area contributed by atoms with Crippen LogP contribution in [0.5, 0.6) is 0 Å². The number of anilines is 1. The van der Waals surface area contributed by atoms with Crippen molar-refractivity contribution in [3.63, 3.8) is 0 Å². The van der Waals surface area contributed by atoms with Crippen LogP contribution in [-0.2, 0) is 0 Å². The molecule has 1 heterocycles. The molecule has 6 heteroatoms. The Labute approximate surface area is 106 Å². The molecule has 0 spiro atoms. The lowest BCUT2D eigenvalue weighted by atomic mass is 10.2. The summed E-state index contributed by atoms with van der Waals surface area (Å²) in [5.41, 5.74) is 2.89. The molecule has 0 aromatic carbocycles. The summed E-state index contributed by atoms with van der Waals surface area (Å²) in [6, 6.07) is 5.38. The van der Waals surface area contributed by atoms with Crippen LogP contribution in [0.15, 0.2) is 18.3 Å². The summed E-state index contributed by atoms with van der Waals surface area (Å²) in [5.74, 6) is 5.58. The van der Waals surface area contributed by atoms with Crippen LogP contribution < -0.4 is 11.3 Å². The molecule has 0 saturated heterocycles. The molecule has 0 atom stereocenters. The highest BCUT2D eigenvalue weighted by Gasteiger charge is 2.18. The Morgan fingerprint density at radius 1 is 1.61 bits per heavy atom. The highest BCUT2D eigenvalue weighted by atomic mass is 16.2. The number of nitrogens with two attached hydrogens (primary N) is 1. The molecule has 0 bridgehead atoms. The Morgan fingerprint density at radius 3 is 2.78 bits per heavy atom. The fourth-order valence-corrected chi connectivity index (χ4v) is 1.54. The zero-order chi connectivity index (χ0) is 13.5. The van der Waals surface area contributed by atoms with Crippen LogP contribution in [-0.4, -0.2) is 28.4 Å². The summed E-state index contributed by atoms with van der Waals surface area (Å²) in [6.45, 7) is 4.25. The summed E-state index contributed by atoms with van der Waals surface area (Å²) in [4.78, 5) is 17.9. The topological polar surface area (TPSA) is 95.0 Å². The summed E-state index contributed by atoms with van der Waals surface area (Å²) in [5, 5.41) is 8.60. The van der Waals surface area contributed by atoms with Crippen molar-refractivity contribution in [2.45, 2.75) is 26.3 Å². The van der Waals surface area contributed by atoms with E-state index in [2.05, 4.69) is 10.4 Å². The number of amides is 1. The van der Waals surface area contributed by atoms with Crippen molar-refractivity contribution < 1.29 is 4.79 Å². The smallest absolute Gasteiger partial charge is 0.255 e. The minimum absolute atomic E-state index is 0.0400. The maximum atomic E-state index is 12.2. The number of nitrogen functional groups attached to an aromatic ring is 1. The predicted octanol–water partition coefficient (Wildman–Crippen LogP) is 1.13. The van der Waals surface area contributed by atoms with Crippen molar-refractivity contribution in [2.24, 2.45) is 5.84 Å². The molecular weight excluding hydrogens is 230 g/mol. The molecule has 96 valence electrons. The second-order valence-electron chi connectivity index (χ2n) is 4.08. The number of hydrazine groups is 1. The van der Waals surface area contributed by atoms with Crippen molar-refractivity contribution in [1.82, 2.24) is 9.88 Å². The largest absolute Gasteiger partial charge is 0.335 e. The molecule has 6 nitrogen and oxygen atoms in total. The highest BCUT2D eigenvalue weighted by molar-refractivity contribution is 5.94. The van der Waals surface area contributed by atoms with E-state index in [-0.39, 0.29) is 11.9 Å². The van der Waals surface area contributed by atoms with Crippen molar-refractivity contribution in [3.8, 4) is 6.07 Å². The van der Waals surface area contributed by atoms with Crippen molar-refractivity contribution in [3.05, 3.63) is 23.9 Å². The number of pyridine rings is 1. The number of hydrogen-bond acceptors (Lipinski definition) is 5. The lowest BCUT2D eigenvalue weighted by Crippen LogP contribution is -2.37. The van der Waals surface area contributed by atoms with Gasteiger partial charge in [0.1, 0.15) is 5.82 Å². The van der Waals surface area contributed by atoms with Gasteiger partial charge in [0, 0.05) is 18.8 Å². The number of carbonyl (C=O) groups is 1. The maximum absolute atomic E-state index is 12.2. The van der Waals surface area contributed by atoms with Gasteiger partial charge in [-0.25, -0.2) is 10.8 Å². The second-order valence-corrected chi connectivity index (χ2v) is 4.08. The lowest BCUT2D eigenvalue weighted by molar-refractivity contribution is 0.0710. The van der Waals surface area contributed by atoms with Crippen molar-refractivity contribution in [1.29, 1.82) is 5.26 Å². The molecule has 0 aliphatic carbocycles. The minimum Gasteiger partial charge on any atom is -0.335 e. The standard InChI is InChI=1S/C12H17N5O/c1-9(2)17(7-3-6-13)12(18)10-4-5-11(16-14)15-8-10/h4-5,8-9H,3,7,14H2,1-2H3,(H,15,16). The predicted molar refractivity (Wildman–Crippen MR) is 68.4 cm³/mol. The quantitative estimate of drug-likeness (QED) is 0.600. The average molecular weight is 247 g/mol. The Bertz CT molecular complexity index is 435. The molecule has 0 radical (unpaired) electrons. The van der Waals surface area contributed by atoms with Crippen LogP contribution in [0, 0.1) is 11.3 Å². The van der Waals surface area contributed by atoms with Gasteiger partial charge in [-0.2, -0.15) is 5.26 Å². The number of carbonyl (C=O) groups excluding carboxylic acids is 1. The van der Waals surface area contributed by atoms with Crippen LogP contribution in [0.1, 0.15) is 30.6 Å². The van der Waals surface area contributed by atoms with Gasteiger partial charge in [-0.1, -0.05) is 0 Å². The highest BCUT2D eigenvalue weighted by Crippen LogP contribution is 2.10. The van der Waals surface area contributed by atoms with Crippen LogP contribution in [0.2, 0.25) is 0 Å². The number of rotatable bonds is 5. The second kappa shape index (κ2) is 6.57. The molecule has 1 rings (SSSR count). The Hall–Kier alpha value is -2.13. The zero-order valence-electron chi connectivity index (χ0n) is 10.6. The van der Waals surface area contributed by atoms with Gasteiger partial charge >= 0.3 is 0 Å². The molecule has 0 unspecified atom stereocenters. The number of nitrogens with zero attached hydrogens (tertiary/aromatic N) is 3. The summed E-state index contributed by atoms with van der Waals surface area (Å²) < 4.78 is 0. The monoisotopic (exact) mass is 247 g/mol. The SMILES string of the molecule is CC(C)N(CCC#N)C(=O)c1ccc(NN)nc1. The Balaban J connectivity index is 2.84. The normalized spacial score (nSPS) is 9.94. The fourth-order valence-electron chi connectivity index (χ4n) is 1.54. The first-order valence-electron chi connectivity index (χ1n) is 5.70. The van der Waals surface area contributed by atoms with E-state index in [0.29, 0.717) is 24.3 Å². The van der Waals surface area contributed by atoms with Gasteiger partial charge in [-0.15, -0.1) is 0 Å². The lowest BCUT2D eigenvalue weighted by Gasteiger charge is -2.25. The number of hydrogen-bond donors (Lipinski definition) is 2. The fraction of sp³-hybridized carbons (Fsp3) is 0.417. The van der Waals surface area contributed by atoms with E-state index in [0.717, 1.165) is 0 Å². The number of nitrogens with one attached hydrogen (secondary N) is 1. The third-order valence-corrected chi connectivity index (χ3v) is 2.51. The molecule has 18 heavy (non-hydrogen) atoms. The van der Waals surface area contributed by atoms with Gasteiger partial charge in [0.2, 0.25) is 0 Å². The summed E-state index contributed by atoms with van der Waals surface area (Å²) in [7, 11) is 0. The molecule has 0 aliphatic heterocycles. The molecule has 1 aromatic rings. The first kappa shape index (κ1) is 13.9. The van der Waals surface area contributed by atoms with E-state index >= 15 is 0 Å². The summed E-state index contributed by atoms with van der Waals surface area (Å²) >= 11 is 0. The van der Waals surface area contributed by atoms with E-state index in [1.165, 1.54) is 6.20 Å². The third-order valence-electron chi connectivity index (χ3n) is 2.51. The van der Waals surface area contributed by atoms with E-state index in [9.17, 15) is 4.79 Å². The minimum atomic E-state index is -0.128. The van der Waals surface area contributed by atoms with Crippen molar-refractivity contribution in [2.75, 3.05) is 12.0 Å². The molecule has 0 fully saturated rings. The average Bonchev–Trinajstić information content (AvgIpc) is 2.38. The zero-order valence-corrected chi connectivity index (χ0v) is 10.6. The third kappa shape index (κ3) is 3.43. The van der Waals surface area contributed by atoms with Crippen LogP contribution in [0.25, 0.3) is 0 Å². The van der Waals surface area contributed by atoms with Crippen molar-refractivity contribution >= 4 is 11.7 Å². The summed E-state index contributed by atoms with van der Waals surface area (Å²) in [6.07, 6.45) is 1.79. The van der Waals surface area contributed by atoms with E-state index in [1.54, 1.807) is 17.0 Å². The van der Waals surface area contributed by atoms with Gasteiger partial charge in [0.25, 0.3) is 5.91 Å². The Kier molecular flexibility index (Phi) is 5.08. The van der Waals surface area contributed by atoms with Gasteiger partial charge in [0.05, 0.1) is 18.1 Å². The van der Waals surface area contributed by atoms with Gasteiger partial charge in [-0.3, -0.25) is 4.79 Å². The van der Waals surface area contributed by atoms with Gasteiger partial charge in [0.15, 0.2) is 0 Å². The molecule has 1 aromatic heterocycles. The van der Waals surface area contributed by atoms with Gasteiger partial charge < -0.3 is 10.3 Å². The Morgan fingerprint density at radius 2 is 2.33 bits per heavy atom. The molecule has 0 saturated carbocycles. The maximum Gasteiger partial charge on any atom is 0.255 e. The first-order valence-corrected chi connectivity index (χ1v) is 5.70. The molecular formula is C12H17N5O. The van der Waals surface area contributed by atoms with Crippen LogP contribution in [0.4, 0.5) is 5.82 Å². The van der Waals surface area contributed by atoms with E-state index < -0.39 is 0 Å². The molecule has 0 aliphatic rings. The molecule has 3 N–H and O–H groups in total. The van der Waals surface area contributed by atoms with Crippen LogP contribution in [0.3, 0.4) is 0 Å². The first-order chi connectivity index (χ1) is 8.60. The molecule has 1 amide bonds. The van der Waals surface area contributed by atoms with Gasteiger partial charge in [-0.05, 0) is 26.0 Å². The van der Waals surface area contributed by atoms with Crippen LogP contribution >= 0.6 is 0 Å². The van der Waals surface area contributed by atoms with E-state index in [4.69, 9.17) is 11.1 Å². The van der Waals surface area contributed by atoms with E-state index in [1.807, 2.05) is 19.9 Å².